The molecule has 4 nitrogen and oxygen atoms in total. The smallest absolute Gasteiger partial charge is 0.224 e. The van der Waals surface area contributed by atoms with E-state index in [-0.39, 0.29) is 18.3 Å². The summed E-state index contributed by atoms with van der Waals surface area (Å²) in [7, 11) is 1.60. The molecule has 1 unspecified atom stereocenters. The Morgan fingerprint density at radius 2 is 2.11 bits per heavy atom. The largest absolute Gasteiger partial charge is 0.496 e. The molecule has 0 aromatic heterocycles. The fourth-order valence-corrected chi connectivity index (χ4v) is 1.46. The lowest BCUT2D eigenvalue weighted by Crippen LogP contribution is -2.32. The molecule has 1 amide bonds. The quantitative estimate of drug-likeness (QED) is 0.822. The molecule has 0 bridgehead atoms. The number of hydrogen-bond donors (Lipinski definition) is 2. The summed E-state index contributed by atoms with van der Waals surface area (Å²) in [5, 5.41) is 2.86. The van der Waals surface area contributed by atoms with Crippen LogP contribution in [0.15, 0.2) is 24.3 Å². The van der Waals surface area contributed by atoms with Crippen LogP contribution < -0.4 is 15.8 Å². The van der Waals surface area contributed by atoms with Crippen LogP contribution in [0.1, 0.15) is 12.5 Å². The molecule has 1 aromatic rings. The zero-order valence-electron chi connectivity index (χ0n) is 10.8. The van der Waals surface area contributed by atoms with Gasteiger partial charge in [-0.05, 0) is 18.5 Å². The number of ether oxygens (including phenoxy) is 1. The van der Waals surface area contributed by atoms with Gasteiger partial charge < -0.3 is 15.8 Å². The summed E-state index contributed by atoms with van der Waals surface area (Å²) in [5.74, 6) is 1.04. The third kappa shape index (κ3) is 5.38. The molecule has 1 aromatic carbocycles. The minimum Gasteiger partial charge on any atom is -0.496 e. The van der Waals surface area contributed by atoms with Crippen molar-refractivity contribution in [3.8, 4) is 5.75 Å². The first-order chi connectivity index (χ1) is 8.17. The van der Waals surface area contributed by atoms with Crippen molar-refractivity contribution in [3.63, 3.8) is 0 Å². The third-order valence-electron chi connectivity index (χ3n) is 2.59. The number of benzene rings is 1. The molecule has 0 heterocycles. The minimum atomic E-state index is -0.00481. The van der Waals surface area contributed by atoms with Gasteiger partial charge in [0.25, 0.3) is 0 Å². The number of nitrogens with one attached hydrogen (secondary N) is 1. The lowest BCUT2D eigenvalue weighted by atomic mass is 10.1. The molecule has 0 spiro atoms. The summed E-state index contributed by atoms with van der Waals surface area (Å²) < 4.78 is 5.19. The first-order valence-corrected chi connectivity index (χ1v) is 5.76. The predicted octanol–water partition coefficient (Wildman–Crippen LogP) is 1.37. The second-order valence-electron chi connectivity index (χ2n) is 4.13. The SMILES string of the molecule is COc1ccccc1CC(=O)NCC(C)CN.Cl. The Kier molecular flexibility index (Phi) is 8.16. The van der Waals surface area contributed by atoms with E-state index in [2.05, 4.69) is 5.32 Å². The van der Waals surface area contributed by atoms with Gasteiger partial charge in [-0.25, -0.2) is 0 Å². The van der Waals surface area contributed by atoms with E-state index in [9.17, 15) is 4.79 Å². The summed E-state index contributed by atoms with van der Waals surface area (Å²) >= 11 is 0. The van der Waals surface area contributed by atoms with Gasteiger partial charge in [-0.2, -0.15) is 0 Å². The van der Waals surface area contributed by atoms with Crippen LogP contribution in [0.5, 0.6) is 5.75 Å². The van der Waals surface area contributed by atoms with Gasteiger partial charge in [0.1, 0.15) is 5.75 Å². The van der Waals surface area contributed by atoms with Crippen LogP contribution in [0, 0.1) is 5.92 Å². The van der Waals surface area contributed by atoms with Crippen molar-refractivity contribution in [2.75, 3.05) is 20.2 Å². The van der Waals surface area contributed by atoms with E-state index >= 15 is 0 Å². The molecule has 102 valence electrons. The van der Waals surface area contributed by atoms with Crippen molar-refractivity contribution in [2.24, 2.45) is 11.7 Å². The average Bonchev–Trinajstić information content (AvgIpc) is 2.36. The number of hydrogen-bond acceptors (Lipinski definition) is 3. The molecule has 18 heavy (non-hydrogen) atoms. The van der Waals surface area contributed by atoms with E-state index in [1.165, 1.54) is 0 Å². The molecule has 0 aliphatic rings. The molecule has 0 fully saturated rings. The topological polar surface area (TPSA) is 64.3 Å². The highest BCUT2D eigenvalue weighted by atomic mass is 35.5. The second-order valence-corrected chi connectivity index (χ2v) is 4.13. The highest BCUT2D eigenvalue weighted by Crippen LogP contribution is 2.17. The van der Waals surface area contributed by atoms with Crippen molar-refractivity contribution in [1.29, 1.82) is 0 Å². The summed E-state index contributed by atoms with van der Waals surface area (Å²) in [6.45, 7) is 3.20. The van der Waals surface area contributed by atoms with E-state index in [0.717, 1.165) is 11.3 Å². The Morgan fingerprint density at radius 3 is 2.72 bits per heavy atom. The number of rotatable bonds is 6. The van der Waals surface area contributed by atoms with E-state index in [4.69, 9.17) is 10.5 Å². The number of nitrogens with two attached hydrogens (primary N) is 1. The van der Waals surface area contributed by atoms with E-state index in [1.807, 2.05) is 31.2 Å². The maximum atomic E-state index is 11.7. The summed E-state index contributed by atoms with van der Waals surface area (Å²) in [6.07, 6.45) is 0.335. The van der Waals surface area contributed by atoms with Crippen LogP contribution in [-0.4, -0.2) is 26.1 Å². The molecule has 1 atom stereocenters. The van der Waals surface area contributed by atoms with Gasteiger partial charge in [-0.1, -0.05) is 25.1 Å². The lowest BCUT2D eigenvalue weighted by Gasteiger charge is -2.11. The molecule has 1 rings (SSSR count). The molecule has 0 aliphatic heterocycles. The number of carbonyl (C=O) groups excluding carboxylic acids is 1. The van der Waals surface area contributed by atoms with Crippen molar-refractivity contribution >= 4 is 18.3 Å². The Balaban J connectivity index is 0.00000289. The standard InChI is InChI=1S/C13H20N2O2.ClH/c1-10(8-14)9-15-13(16)7-11-5-3-4-6-12(11)17-2;/h3-6,10H,7-9,14H2,1-2H3,(H,15,16);1H. The number of amides is 1. The first kappa shape index (κ1) is 16.7. The maximum absolute atomic E-state index is 11.7. The Hall–Kier alpha value is -1.26. The monoisotopic (exact) mass is 272 g/mol. The van der Waals surface area contributed by atoms with Gasteiger partial charge in [0.2, 0.25) is 5.91 Å². The van der Waals surface area contributed by atoms with Gasteiger partial charge in [0, 0.05) is 12.1 Å². The summed E-state index contributed by atoms with van der Waals surface area (Å²) in [6, 6.07) is 7.53. The van der Waals surface area contributed by atoms with Crippen molar-refractivity contribution in [3.05, 3.63) is 29.8 Å². The van der Waals surface area contributed by atoms with Gasteiger partial charge >= 0.3 is 0 Å². The first-order valence-electron chi connectivity index (χ1n) is 5.76. The molecular weight excluding hydrogens is 252 g/mol. The van der Waals surface area contributed by atoms with E-state index < -0.39 is 0 Å². The highest BCUT2D eigenvalue weighted by Gasteiger charge is 2.08. The van der Waals surface area contributed by atoms with Crippen molar-refractivity contribution < 1.29 is 9.53 Å². The Labute approximate surface area is 114 Å². The summed E-state index contributed by atoms with van der Waals surface area (Å²) in [4.78, 5) is 11.7. The van der Waals surface area contributed by atoms with Crippen LogP contribution in [0.3, 0.4) is 0 Å². The number of methoxy groups -OCH3 is 1. The van der Waals surface area contributed by atoms with Crippen molar-refractivity contribution in [2.45, 2.75) is 13.3 Å². The highest BCUT2D eigenvalue weighted by molar-refractivity contribution is 5.85. The fourth-order valence-electron chi connectivity index (χ4n) is 1.46. The minimum absolute atomic E-state index is 0. The molecule has 0 saturated heterocycles. The van der Waals surface area contributed by atoms with Crippen molar-refractivity contribution in [1.82, 2.24) is 5.32 Å². The zero-order chi connectivity index (χ0) is 12.7. The molecule has 3 N–H and O–H groups in total. The number of para-hydroxylation sites is 1. The maximum Gasteiger partial charge on any atom is 0.224 e. The predicted molar refractivity (Wildman–Crippen MR) is 75.2 cm³/mol. The molecule has 0 radical (unpaired) electrons. The third-order valence-corrected chi connectivity index (χ3v) is 2.59. The van der Waals surface area contributed by atoms with Gasteiger partial charge in [-0.15, -0.1) is 12.4 Å². The van der Waals surface area contributed by atoms with Crippen LogP contribution in [0.25, 0.3) is 0 Å². The normalized spacial score (nSPS) is 11.3. The fraction of sp³-hybridized carbons (Fsp3) is 0.462. The Morgan fingerprint density at radius 1 is 1.44 bits per heavy atom. The van der Waals surface area contributed by atoms with Crippen LogP contribution in [0.2, 0.25) is 0 Å². The molecule has 0 saturated carbocycles. The Bertz CT molecular complexity index is 372. The van der Waals surface area contributed by atoms with Crippen LogP contribution in [0.4, 0.5) is 0 Å². The van der Waals surface area contributed by atoms with E-state index in [0.29, 0.717) is 25.4 Å². The average molecular weight is 273 g/mol. The number of halogens is 1. The van der Waals surface area contributed by atoms with Crippen LogP contribution in [-0.2, 0) is 11.2 Å². The molecule has 0 aliphatic carbocycles. The summed E-state index contributed by atoms with van der Waals surface area (Å²) in [5.41, 5.74) is 6.38. The molecule has 5 heteroatoms. The van der Waals surface area contributed by atoms with Gasteiger partial charge in [-0.3, -0.25) is 4.79 Å². The second kappa shape index (κ2) is 8.78. The van der Waals surface area contributed by atoms with E-state index in [1.54, 1.807) is 7.11 Å². The molecular formula is C13H21ClN2O2. The van der Waals surface area contributed by atoms with Gasteiger partial charge in [0.05, 0.1) is 13.5 Å². The number of carbonyl (C=O) groups is 1. The van der Waals surface area contributed by atoms with Gasteiger partial charge in [0.15, 0.2) is 0 Å². The zero-order valence-corrected chi connectivity index (χ0v) is 11.6. The lowest BCUT2D eigenvalue weighted by molar-refractivity contribution is -0.120. The van der Waals surface area contributed by atoms with Crippen LogP contribution >= 0.6 is 12.4 Å².